The molecule has 1 amide bonds. The highest BCUT2D eigenvalue weighted by Crippen LogP contribution is 2.33. The van der Waals surface area contributed by atoms with E-state index in [4.69, 9.17) is 19.5 Å². The second kappa shape index (κ2) is 9.76. The zero-order chi connectivity index (χ0) is 20.6. The van der Waals surface area contributed by atoms with E-state index in [1.807, 2.05) is 42.5 Å². The van der Waals surface area contributed by atoms with Crippen molar-refractivity contribution in [2.75, 3.05) is 40.5 Å². The molecule has 0 saturated carbocycles. The van der Waals surface area contributed by atoms with Gasteiger partial charge in [0.15, 0.2) is 11.5 Å². The standard InChI is InChI=1S/C23H24N2O4/c1-27-21-8-7-19(15-22(21)28-2)20(16-23(26)25-11-13-29-14-12-25)18-5-3-17(4-6-18)9-10-24/h3-8,15-16H,9,11-14H2,1-2H3/b20-16+. The monoisotopic (exact) mass is 392 g/mol. The molecule has 1 fully saturated rings. The Bertz CT molecular complexity index is 923. The smallest absolute Gasteiger partial charge is 0.247 e. The van der Waals surface area contributed by atoms with E-state index in [1.54, 1.807) is 25.2 Å². The lowest BCUT2D eigenvalue weighted by Crippen LogP contribution is -2.39. The maximum atomic E-state index is 12.9. The van der Waals surface area contributed by atoms with Gasteiger partial charge in [-0.1, -0.05) is 30.3 Å². The third-order valence-electron chi connectivity index (χ3n) is 4.83. The van der Waals surface area contributed by atoms with Crippen LogP contribution in [0.2, 0.25) is 0 Å². The number of morpholine rings is 1. The van der Waals surface area contributed by atoms with Gasteiger partial charge < -0.3 is 19.1 Å². The van der Waals surface area contributed by atoms with Gasteiger partial charge in [0.2, 0.25) is 5.91 Å². The lowest BCUT2D eigenvalue weighted by atomic mass is 9.95. The number of carbonyl (C=O) groups is 1. The molecule has 6 nitrogen and oxygen atoms in total. The van der Waals surface area contributed by atoms with Gasteiger partial charge in [0.1, 0.15) is 0 Å². The molecule has 6 heteroatoms. The summed E-state index contributed by atoms with van der Waals surface area (Å²) in [6, 6.07) is 15.4. The van der Waals surface area contributed by atoms with Gasteiger partial charge >= 0.3 is 0 Å². The summed E-state index contributed by atoms with van der Waals surface area (Å²) in [5, 5.41) is 8.90. The van der Waals surface area contributed by atoms with Gasteiger partial charge in [-0.05, 0) is 34.4 Å². The number of methoxy groups -OCH3 is 2. The molecular formula is C23H24N2O4. The number of nitrogens with zero attached hydrogens (tertiary/aromatic N) is 2. The topological polar surface area (TPSA) is 71.8 Å². The summed E-state index contributed by atoms with van der Waals surface area (Å²) in [5.74, 6) is 1.16. The van der Waals surface area contributed by atoms with Crippen LogP contribution in [0.25, 0.3) is 5.57 Å². The van der Waals surface area contributed by atoms with Crippen LogP contribution in [0.15, 0.2) is 48.5 Å². The number of benzene rings is 2. The van der Waals surface area contributed by atoms with Crippen molar-refractivity contribution in [2.24, 2.45) is 0 Å². The van der Waals surface area contributed by atoms with E-state index in [1.165, 1.54) is 0 Å². The van der Waals surface area contributed by atoms with Crippen LogP contribution in [0.1, 0.15) is 16.7 Å². The fraction of sp³-hybridized carbons (Fsp3) is 0.304. The first-order valence-corrected chi connectivity index (χ1v) is 9.43. The van der Waals surface area contributed by atoms with Crippen molar-refractivity contribution < 1.29 is 19.0 Å². The van der Waals surface area contributed by atoms with Crippen molar-refractivity contribution in [3.8, 4) is 17.6 Å². The van der Waals surface area contributed by atoms with Crippen LogP contribution in [0.5, 0.6) is 11.5 Å². The van der Waals surface area contributed by atoms with E-state index in [0.717, 1.165) is 22.3 Å². The van der Waals surface area contributed by atoms with Gasteiger partial charge in [0.05, 0.1) is 39.9 Å². The summed E-state index contributed by atoms with van der Waals surface area (Å²) >= 11 is 0. The average Bonchev–Trinajstić information content (AvgIpc) is 2.78. The van der Waals surface area contributed by atoms with Crippen molar-refractivity contribution in [2.45, 2.75) is 6.42 Å². The number of hydrogen-bond donors (Lipinski definition) is 0. The van der Waals surface area contributed by atoms with Crippen LogP contribution in [0, 0.1) is 11.3 Å². The Hall–Kier alpha value is -3.30. The van der Waals surface area contributed by atoms with Gasteiger partial charge in [-0.25, -0.2) is 0 Å². The van der Waals surface area contributed by atoms with E-state index in [0.29, 0.717) is 44.2 Å². The highest BCUT2D eigenvalue weighted by Gasteiger charge is 2.18. The Morgan fingerprint density at radius 3 is 2.34 bits per heavy atom. The molecule has 1 heterocycles. The highest BCUT2D eigenvalue weighted by molar-refractivity contribution is 5.99. The van der Waals surface area contributed by atoms with Crippen molar-refractivity contribution in [1.29, 1.82) is 5.26 Å². The molecule has 1 aliphatic rings. The fourth-order valence-corrected chi connectivity index (χ4v) is 3.23. The van der Waals surface area contributed by atoms with Gasteiger partial charge in [-0.15, -0.1) is 0 Å². The molecule has 0 radical (unpaired) electrons. The number of ether oxygens (including phenoxy) is 3. The second-order valence-electron chi connectivity index (χ2n) is 6.60. The zero-order valence-corrected chi connectivity index (χ0v) is 16.7. The minimum Gasteiger partial charge on any atom is -0.493 e. The molecule has 2 aromatic carbocycles. The van der Waals surface area contributed by atoms with Crippen molar-refractivity contribution in [3.63, 3.8) is 0 Å². The van der Waals surface area contributed by atoms with Crippen LogP contribution >= 0.6 is 0 Å². The van der Waals surface area contributed by atoms with Crippen molar-refractivity contribution in [1.82, 2.24) is 4.90 Å². The molecule has 3 rings (SSSR count). The molecule has 29 heavy (non-hydrogen) atoms. The lowest BCUT2D eigenvalue weighted by Gasteiger charge is -2.26. The van der Waals surface area contributed by atoms with E-state index in [-0.39, 0.29) is 5.91 Å². The molecule has 2 aromatic rings. The maximum Gasteiger partial charge on any atom is 0.247 e. The molecule has 0 N–H and O–H groups in total. The van der Waals surface area contributed by atoms with Crippen LogP contribution in [0.3, 0.4) is 0 Å². The van der Waals surface area contributed by atoms with E-state index < -0.39 is 0 Å². The van der Waals surface area contributed by atoms with Crippen LogP contribution in [-0.2, 0) is 16.0 Å². The average molecular weight is 392 g/mol. The number of carbonyl (C=O) groups excluding carboxylic acids is 1. The van der Waals surface area contributed by atoms with E-state index in [9.17, 15) is 4.79 Å². The van der Waals surface area contributed by atoms with Gasteiger partial charge in [0, 0.05) is 19.2 Å². The number of nitriles is 1. The summed E-state index contributed by atoms with van der Waals surface area (Å²) in [5.41, 5.74) is 3.45. The van der Waals surface area contributed by atoms with Gasteiger partial charge in [-0.2, -0.15) is 5.26 Å². The van der Waals surface area contributed by atoms with Crippen molar-refractivity contribution in [3.05, 3.63) is 65.2 Å². The van der Waals surface area contributed by atoms with Crippen LogP contribution < -0.4 is 9.47 Å². The van der Waals surface area contributed by atoms with Gasteiger partial charge in [-0.3, -0.25) is 4.79 Å². The number of hydrogen-bond acceptors (Lipinski definition) is 5. The second-order valence-corrected chi connectivity index (χ2v) is 6.60. The Morgan fingerprint density at radius 2 is 1.72 bits per heavy atom. The Labute approximate surface area is 170 Å². The summed E-state index contributed by atoms with van der Waals surface area (Å²) in [4.78, 5) is 14.7. The summed E-state index contributed by atoms with van der Waals surface area (Å²) in [6.07, 6.45) is 2.01. The Kier molecular flexibility index (Phi) is 6.88. The summed E-state index contributed by atoms with van der Waals surface area (Å²) in [7, 11) is 3.17. The molecule has 1 aliphatic heterocycles. The van der Waals surface area contributed by atoms with E-state index in [2.05, 4.69) is 6.07 Å². The van der Waals surface area contributed by atoms with Gasteiger partial charge in [0.25, 0.3) is 0 Å². The predicted molar refractivity (Wildman–Crippen MR) is 110 cm³/mol. The maximum absolute atomic E-state index is 12.9. The Balaban J connectivity index is 2.02. The molecule has 0 unspecified atom stereocenters. The van der Waals surface area contributed by atoms with Crippen LogP contribution in [-0.4, -0.2) is 51.3 Å². The molecule has 0 spiro atoms. The first kappa shape index (κ1) is 20.4. The quantitative estimate of drug-likeness (QED) is 0.707. The largest absolute Gasteiger partial charge is 0.493 e. The molecule has 0 aromatic heterocycles. The van der Waals surface area contributed by atoms with Crippen molar-refractivity contribution >= 4 is 11.5 Å². The predicted octanol–water partition coefficient (Wildman–Crippen LogP) is 3.06. The third kappa shape index (κ3) is 4.95. The number of rotatable bonds is 6. The molecule has 0 atom stereocenters. The number of amides is 1. The Morgan fingerprint density at radius 1 is 1.07 bits per heavy atom. The molecule has 0 aliphatic carbocycles. The highest BCUT2D eigenvalue weighted by atomic mass is 16.5. The minimum atomic E-state index is -0.0563. The fourth-order valence-electron chi connectivity index (χ4n) is 3.23. The molecule has 1 saturated heterocycles. The normalized spacial score (nSPS) is 14.2. The first-order valence-electron chi connectivity index (χ1n) is 9.43. The SMILES string of the molecule is COc1ccc(/C(=C/C(=O)N2CCOCC2)c2ccc(CC#N)cc2)cc1OC. The third-order valence-corrected chi connectivity index (χ3v) is 4.83. The summed E-state index contributed by atoms with van der Waals surface area (Å²) < 4.78 is 16.1. The molecule has 150 valence electrons. The van der Waals surface area contributed by atoms with Crippen LogP contribution in [0.4, 0.5) is 0 Å². The molecule has 0 bridgehead atoms. The zero-order valence-electron chi connectivity index (χ0n) is 16.7. The minimum absolute atomic E-state index is 0.0563. The molecular weight excluding hydrogens is 368 g/mol. The van der Waals surface area contributed by atoms with E-state index >= 15 is 0 Å². The summed E-state index contributed by atoms with van der Waals surface area (Å²) in [6.45, 7) is 2.26. The lowest BCUT2D eigenvalue weighted by molar-refractivity contribution is -0.129. The first-order chi connectivity index (χ1) is 14.2.